The molecule has 3 atom stereocenters. The summed E-state index contributed by atoms with van der Waals surface area (Å²) in [6.07, 6.45) is 4.73. The summed E-state index contributed by atoms with van der Waals surface area (Å²) in [5, 5.41) is 12.5. The van der Waals surface area contributed by atoms with E-state index in [1.54, 1.807) is 0 Å². The van der Waals surface area contributed by atoms with Gasteiger partial charge in [-0.05, 0) is 54.4 Å². The van der Waals surface area contributed by atoms with E-state index in [-0.39, 0.29) is 24.5 Å². The molecule has 0 bridgehead atoms. The maximum Gasteiger partial charge on any atom is 0.407 e. The molecule has 2 aromatic carbocycles. The molecular weight excluding hydrogens is 444 g/mol. The molecule has 2 amide bonds. The molecule has 1 saturated heterocycles. The minimum Gasteiger partial charge on any atom is -0.480 e. The van der Waals surface area contributed by atoms with Crippen molar-refractivity contribution >= 4 is 18.0 Å². The number of alkyl carbamates (subject to hydrolysis) is 1. The lowest BCUT2D eigenvalue weighted by atomic mass is 9.82. The van der Waals surface area contributed by atoms with E-state index >= 15 is 0 Å². The molecule has 7 heteroatoms. The number of hydrogen-bond acceptors (Lipinski definition) is 4. The van der Waals surface area contributed by atoms with Crippen LogP contribution in [0.2, 0.25) is 0 Å². The van der Waals surface area contributed by atoms with E-state index in [9.17, 15) is 19.5 Å². The van der Waals surface area contributed by atoms with Crippen LogP contribution in [-0.4, -0.2) is 53.2 Å². The van der Waals surface area contributed by atoms with Crippen molar-refractivity contribution < 1.29 is 24.2 Å². The highest BCUT2D eigenvalue weighted by Gasteiger charge is 2.40. The second-order valence-corrected chi connectivity index (χ2v) is 9.85. The fourth-order valence-corrected chi connectivity index (χ4v) is 6.06. The first-order valence-electron chi connectivity index (χ1n) is 12.7. The van der Waals surface area contributed by atoms with Crippen LogP contribution < -0.4 is 5.32 Å². The number of nitrogens with one attached hydrogen (secondary N) is 1. The third-order valence-electron chi connectivity index (χ3n) is 7.80. The van der Waals surface area contributed by atoms with Crippen molar-refractivity contribution in [3.8, 4) is 11.1 Å². The number of benzene rings is 2. The maximum atomic E-state index is 13.4. The predicted molar refractivity (Wildman–Crippen MR) is 131 cm³/mol. The number of piperidine rings is 1. The topological polar surface area (TPSA) is 95.9 Å². The fraction of sp³-hybridized carbons (Fsp3) is 0.464. The number of nitrogens with zero attached hydrogens (tertiary/aromatic N) is 1. The van der Waals surface area contributed by atoms with Crippen LogP contribution in [0.4, 0.5) is 4.79 Å². The molecule has 0 spiro atoms. The molecule has 2 aliphatic carbocycles. The monoisotopic (exact) mass is 476 g/mol. The lowest BCUT2D eigenvalue weighted by molar-refractivity contribution is -0.154. The van der Waals surface area contributed by atoms with Crippen molar-refractivity contribution in [3.05, 3.63) is 59.7 Å². The molecule has 2 fully saturated rings. The van der Waals surface area contributed by atoms with Gasteiger partial charge in [-0.2, -0.15) is 0 Å². The minimum absolute atomic E-state index is 0.0263. The average Bonchev–Trinajstić information content (AvgIpc) is 3.21. The Bertz CT molecular complexity index is 1070. The smallest absolute Gasteiger partial charge is 0.407 e. The first-order chi connectivity index (χ1) is 17.0. The second kappa shape index (κ2) is 10.1. The predicted octanol–water partition coefficient (Wildman–Crippen LogP) is 4.55. The highest BCUT2D eigenvalue weighted by atomic mass is 16.5. The molecule has 1 saturated carbocycles. The lowest BCUT2D eigenvalue weighted by Crippen LogP contribution is -2.55. The van der Waals surface area contributed by atoms with Gasteiger partial charge in [0.2, 0.25) is 5.91 Å². The van der Waals surface area contributed by atoms with Gasteiger partial charge in [-0.15, -0.1) is 0 Å². The molecule has 35 heavy (non-hydrogen) atoms. The van der Waals surface area contributed by atoms with E-state index < -0.39 is 24.0 Å². The van der Waals surface area contributed by atoms with Crippen molar-refractivity contribution in [2.75, 3.05) is 13.2 Å². The Hall–Kier alpha value is -3.35. The number of carboxylic acids is 1. The quantitative estimate of drug-likeness (QED) is 0.660. The first kappa shape index (κ1) is 23.4. The Morgan fingerprint density at radius 3 is 2.20 bits per heavy atom. The molecule has 1 heterocycles. The zero-order chi connectivity index (χ0) is 24.4. The van der Waals surface area contributed by atoms with E-state index in [1.807, 2.05) is 24.3 Å². The number of hydrogen-bond donors (Lipinski definition) is 2. The van der Waals surface area contributed by atoms with Crippen LogP contribution in [0.15, 0.2) is 48.5 Å². The third-order valence-corrected chi connectivity index (χ3v) is 7.80. The van der Waals surface area contributed by atoms with Crippen molar-refractivity contribution in [1.29, 1.82) is 0 Å². The average molecular weight is 477 g/mol. The summed E-state index contributed by atoms with van der Waals surface area (Å²) in [4.78, 5) is 39.5. The van der Waals surface area contributed by atoms with E-state index in [0.717, 1.165) is 36.8 Å². The number of aliphatic carboxylic acids is 1. The van der Waals surface area contributed by atoms with E-state index in [4.69, 9.17) is 4.74 Å². The van der Waals surface area contributed by atoms with Gasteiger partial charge in [-0.3, -0.25) is 4.79 Å². The van der Waals surface area contributed by atoms with Crippen LogP contribution in [-0.2, 0) is 14.3 Å². The number of amides is 2. The Labute approximate surface area is 205 Å². The number of carboxylic acid groups (broad SMARTS) is 1. The Balaban J connectivity index is 1.25. The number of fused-ring (bicyclic) bond motifs is 3. The summed E-state index contributed by atoms with van der Waals surface area (Å²) in [5.41, 5.74) is 4.64. The van der Waals surface area contributed by atoms with Gasteiger partial charge in [0.05, 0.1) is 5.92 Å². The summed E-state index contributed by atoms with van der Waals surface area (Å²) < 4.78 is 5.71. The minimum atomic E-state index is -0.949. The molecule has 7 nitrogen and oxygen atoms in total. The second-order valence-electron chi connectivity index (χ2n) is 9.85. The highest BCUT2D eigenvalue weighted by molar-refractivity contribution is 5.86. The number of carbonyl (C=O) groups is 3. The van der Waals surface area contributed by atoms with Crippen molar-refractivity contribution in [2.45, 2.75) is 62.9 Å². The van der Waals surface area contributed by atoms with Gasteiger partial charge in [0, 0.05) is 18.5 Å². The molecule has 5 rings (SSSR count). The largest absolute Gasteiger partial charge is 0.480 e. The summed E-state index contributed by atoms with van der Waals surface area (Å²) >= 11 is 0. The van der Waals surface area contributed by atoms with Gasteiger partial charge in [0.25, 0.3) is 0 Å². The molecule has 3 aliphatic rings. The summed E-state index contributed by atoms with van der Waals surface area (Å²) in [6, 6.07) is 15.3. The molecule has 0 aromatic heterocycles. The lowest BCUT2D eigenvalue weighted by Gasteiger charge is -2.39. The van der Waals surface area contributed by atoms with Crippen LogP contribution in [0.25, 0.3) is 11.1 Å². The SMILES string of the molecule is O=C(N[C@@H]1CCCC[C@@H]1C(=O)N1CCCC[C@H]1C(=O)O)OCC1c2ccccc2-c2ccccc21. The first-order valence-corrected chi connectivity index (χ1v) is 12.7. The third kappa shape index (κ3) is 4.64. The summed E-state index contributed by atoms with van der Waals surface area (Å²) in [5.74, 6) is -1.54. The van der Waals surface area contributed by atoms with Crippen LogP contribution in [0.3, 0.4) is 0 Å². The highest BCUT2D eigenvalue weighted by Crippen LogP contribution is 2.44. The zero-order valence-corrected chi connectivity index (χ0v) is 19.8. The maximum absolute atomic E-state index is 13.4. The van der Waals surface area contributed by atoms with E-state index in [1.165, 1.54) is 16.0 Å². The van der Waals surface area contributed by atoms with Gasteiger partial charge in [0.15, 0.2) is 0 Å². The number of likely N-dealkylation sites (tertiary alicyclic amines) is 1. The zero-order valence-electron chi connectivity index (χ0n) is 19.8. The van der Waals surface area contributed by atoms with Gasteiger partial charge < -0.3 is 20.1 Å². The van der Waals surface area contributed by atoms with Crippen LogP contribution >= 0.6 is 0 Å². The molecule has 184 valence electrons. The molecule has 2 N–H and O–H groups in total. The van der Waals surface area contributed by atoms with Crippen LogP contribution in [0.1, 0.15) is 62.0 Å². The standard InChI is InChI=1S/C28H32N2O5/c31-26(30-16-8-7-15-25(30)27(32)33)22-13-5-6-14-24(22)29-28(34)35-17-23-20-11-3-1-9-18(20)19-10-2-4-12-21(19)23/h1-4,9-12,22-25H,5-8,13-17H2,(H,29,34)(H,32,33)/t22-,24+,25-/m0/s1. The van der Waals surface area contributed by atoms with Crippen molar-refractivity contribution in [3.63, 3.8) is 0 Å². The number of ether oxygens (including phenoxy) is 1. The number of carbonyl (C=O) groups excluding carboxylic acids is 2. The molecule has 2 aromatic rings. The molecule has 0 unspecified atom stereocenters. The fourth-order valence-electron chi connectivity index (χ4n) is 6.06. The van der Waals surface area contributed by atoms with Crippen molar-refractivity contribution in [1.82, 2.24) is 10.2 Å². The summed E-state index contributed by atoms with van der Waals surface area (Å²) in [6.45, 7) is 0.683. The van der Waals surface area contributed by atoms with Crippen LogP contribution in [0.5, 0.6) is 0 Å². The van der Waals surface area contributed by atoms with Crippen molar-refractivity contribution in [2.24, 2.45) is 5.92 Å². The Morgan fingerprint density at radius 1 is 0.886 bits per heavy atom. The summed E-state index contributed by atoms with van der Waals surface area (Å²) in [7, 11) is 0. The van der Waals surface area contributed by atoms with Gasteiger partial charge >= 0.3 is 12.1 Å². The number of rotatable bonds is 5. The molecular formula is C28H32N2O5. The Morgan fingerprint density at radius 2 is 1.51 bits per heavy atom. The van der Waals surface area contributed by atoms with E-state index in [2.05, 4.69) is 29.6 Å². The van der Waals surface area contributed by atoms with E-state index in [0.29, 0.717) is 25.8 Å². The van der Waals surface area contributed by atoms with Gasteiger partial charge in [-0.1, -0.05) is 61.4 Å². The molecule has 0 radical (unpaired) electrons. The van der Waals surface area contributed by atoms with Gasteiger partial charge in [0.1, 0.15) is 12.6 Å². The van der Waals surface area contributed by atoms with Gasteiger partial charge in [-0.25, -0.2) is 9.59 Å². The molecule has 1 aliphatic heterocycles. The van der Waals surface area contributed by atoms with Crippen LogP contribution in [0, 0.1) is 5.92 Å². The Kier molecular flexibility index (Phi) is 6.75. The normalized spacial score (nSPS) is 23.8.